The Hall–Kier alpha value is -3.93. The molecule has 1 aromatic heterocycles. The Kier molecular flexibility index (Phi) is 5.54. The number of hydrogen-bond donors (Lipinski definition) is 1. The van der Waals surface area contributed by atoms with Crippen molar-refractivity contribution in [2.75, 3.05) is 0 Å². The smallest absolute Gasteiger partial charge is 0.324 e. The summed E-state index contributed by atoms with van der Waals surface area (Å²) >= 11 is 1.92. The first kappa shape index (κ1) is 22.3. The van der Waals surface area contributed by atoms with E-state index in [1.807, 2.05) is 11.3 Å². The normalized spacial score (nSPS) is 15.6. The summed E-state index contributed by atoms with van der Waals surface area (Å²) in [4.78, 5) is 32.9. The van der Waals surface area contributed by atoms with Crippen LogP contribution in [-0.4, -0.2) is 25.4 Å². The molecule has 33 heavy (non-hydrogen) atoms. The number of phenolic OH excluding ortho intramolecular Hbond substituents is 1. The molecule has 1 saturated carbocycles. The molecule has 2 heterocycles. The Morgan fingerprint density at radius 3 is 2.09 bits per heavy atom. The summed E-state index contributed by atoms with van der Waals surface area (Å²) in [5, 5.41) is 42.9. The maximum atomic E-state index is 10.4. The minimum absolute atomic E-state index is 0.186. The van der Waals surface area contributed by atoms with Gasteiger partial charge in [-0.2, -0.15) is 0 Å². The summed E-state index contributed by atoms with van der Waals surface area (Å²) in [6.45, 7) is 2.30. The molecule has 1 N–H and O–H groups in total. The van der Waals surface area contributed by atoms with Crippen LogP contribution in [0.25, 0.3) is 15.7 Å². The lowest BCUT2D eigenvalue weighted by atomic mass is 9.91. The van der Waals surface area contributed by atoms with E-state index in [0.717, 1.165) is 0 Å². The average Bonchev–Trinajstić information content (AvgIpc) is 3.45. The van der Waals surface area contributed by atoms with E-state index in [1.165, 1.54) is 51.2 Å². The minimum Gasteiger partial charge on any atom is -0.497 e. The molecule has 0 saturated heterocycles. The first-order valence-electron chi connectivity index (χ1n) is 10.0. The molecule has 5 rings (SSSR count). The number of nitro benzene ring substituents is 3. The molecule has 1 aliphatic carbocycles. The summed E-state index contributed by atoms with van der Waals surface area (Å²) in [6.07, 6.45) is 5.20. The second kappa shape index (κ2) is 8.20. The van der Waals surface area contributed by atoms with Crippen molar-refractivity contribution in [2.24, 2.45) is 4.99 Å². The van der Waals surface area contributed by atoms with E-state index in [2.05, 4.69) is 31.2 Å². The van der Waals surface area contributed by atoms with Crippen LogP contribution in [0.15, 0.2) is 41.4 Å². The van der Waals surface area contributed by atoms with Crippen LogP contribution in [-0.2, 0) is 0 Å². The van der Waals surface area contributed by atoms with Crippen LogP contribution >= 0.6 is 11.3 Å². The van der Waals surface area contributed by atoms with Crippen LogP contribution in [0.5, 0.6) is 5.75 Å². The minimum atomic E-state index is -1.21. The second-order valence-corrected chi connectivity index (χ2v) is 8.91. The summed E-state index contributed by atoms with van der Waals surface area (Å²) < 4.78 is 2.83. The first-order chi connectivity index (χ1) is 15.6. The number of thiophene rings is 1. The molecular weight excluding hydrogens is 452 g/mol. The lowest BCUT2D eigenvalue weighted by Gasteiger charge is -2.21. The van der Waals surface area contributed by atoms with E-state index >= 15 is 0 Å². The van der Waals surface area contributed by atoms with Crippen LogP contribution in [0, 0.1) is 30.3 Å². The lowest BCUT2D eigenvalue weighted by molar-refractivity contribution is -0.404. The van der Waals surface area contributed by atoms with Crippen molar-refractivity contribution in [1.29, 1.82) is 0 Å². The van der Waals surface area contributed by atoms with Gasteiger partial charge in [0.2, 0.25) is 0 Å². The number of hydrogen-bond acceptors (Lipinski definition) is 9. The van der Waals surface area contributed by atoms with Crippen molar-refractivity contribution in [2.45, 2.75) is 38.1 Å². The highest BCUT2D eigenvalue weighted by molar-refractivity contribution is 7.17. The van der Waals surface area contributed by atoms with Gasteiger partial charge in [-0.05, 0) is 31.4 Å². The fourth-order valence-electron chi connectivity index (χ4n) is 4.33. The van der Waals surface area contributed by atoms with Gasteiger partial charge in [-0.25, -0.2) is 0 Å². The molecule has 2 aromatic carbocycles. The summed E-state index contributed by atoms with van der Waals surface area (Å²) in [6, 6.07) is 9.57. The largest absolute Gasteiger partial charge is 0.497 e. The molecule has 3 aromatic rings. The maximum Gasteiger partial charge on any atom is 0.324 e. The molecule has 0 atom stereocenters. The van der Waals surface area contributed by atoms with Gasteiger partial charge in [0.05, 0.1) is 42.3 Å². The number of benzene rings is 2. The van der Waals surface area contributed by atoms with E-state index in [4.69, 9.17) is 10.1 Å². The van der Waals surface area contributed by atoms with Gasteiger partial charge in [0, 0.05) is 10.1 Å². The predicted octanol–water partition coefficient (Wildman–Crippen LogP) is 4.13. The monoisotopic (exact) mass is 470 g/mol. The van der Waals surface area contributed by atoms with Crippen molar-refractivity contribution in [3.63, 3.8) is 0 Å². The summed E-state index contributed by atoms with van der Waals surface area (Å²) in [5.41, 5.74) is -1.28. The molecule has 11 nitrogen and oxygen atoms in total. The number of aromatic hydroxyl groups is 1. The van der Waals surface area contributed by atoms with Crippen LogP contribution in [0.1, 0.15) is 32.6 Å². The molecule has 0 radical (unpaired) electrons. The van der Waals surface area contributed by atoms with Gasteiger partial charge in [0.15, 0.2) is 0 Å². The number of nitro groups is 3. The van der Waals surface area contributed by atoms with E-state index in [1.54, 1.807) is 0 Å². The fraction of sp³-hybridized carbons (Fsp3) is 0.286. The van der Waals surface area contributed by atoms with Gasteiger partial charge >= 0.3 is 11.4 Å². The zero-order valence-corrected chi connectivity index (χ0v) is 18.2. The molecule has 1 spiro atoms. The van der Waals surface area contributed by atoms with E-state index in [-0.39, 0.29) is 5.54 Å². The molecular formula is C21H18N4O7S. The Bertz CT molecular complexity index is 1410. The average molecular weight is 470 g/mol. The van der Waals surface area contributed by atoms with Crippen molar-refractivity contribution in [1.82, 2.24) is 0 Å². The van der Waals surface area contributed by atoms with Gasteiger partial charge in [0.1, 0.15) is 0 Å². The molecule has 170 valence electrons. The third kappa shape index (κ3) is 3.78. The van der Waals surface area contributed by atoms with Gasteiger partial charge in [-0.1, -0.05) is 31.0 Å². The zero-order chi connectivity index (χ0) is 23.9. The number of rotatable bonds is 3. The van der Waals surface area contributed by atoms with Crippen LogP contribution < -0.4 is 9.89 Å². The predicted molar refractivity (Wildman–Crippen MR) is 121 cm³/mol. The van der Waals surface area contributed by atoms with E-state index in [0.29, 0.717) is 12.1 Å². The van der Waals surface area contributed by atoms with Crippen molar-refractivity contribution < 1.29 is 19.9 Å². The molecule has 0 bridgehead atoms. The van der Waals surface area contributed by atoms with Gasteiger partial charge in [-0.3, -0.25) is 35.3 Å². The van der Waals surface area contributed by atoms with E-state index < -0.39 is 37.6 Å². The SMILES string of the molecule is CC1=c2sc3ccccc3c2=NC12CCCC2.O=[N+]([O-])c1cc([N+](=O)[O-])c(O)c([N+](=O)[O-])c1. The Morgan fingerprint density at radius 1 is 0.970 bits per heavy atom. The van der Waals surface area contributed by atoms with Crippen molar-refractivity contribution >= 4 is 44.1 Å². The van der Waals surface area contributed by atoms with Crippen LogP contribution in [0.2, 0.25) is 0 Å². The number of fused-ring (bicyclic) bond motifs is 3. The first-order valence-corrected chi connectivity index (χ1v) is 10.9. The molecule has 1 aliphatic heterocycles. The Morgan fingerprint density at radius 2 is 1.55 bits per heavy atom. The highest BCUT2D eigenvalue weighted by Crippen LogP contribution is 2.41. The molecule has 0 unspecified atom stereocenters. The molecule has 2 aliphatic rings. The third-order valence-electron chi connectivity index (χ3n) is 6.02. The van der Waals surface area contributed by atoms with Crippen LogP contribution in [0.3, 0.4) is 0 Å². The maximum absolute atomic E-state index is 10.4. The van der Waals surface area contributed by atoms with Crippen LogP contribution in [0.4, 0.5) is 17.1 Å². The number of phenols is 1. The lowest BCUT2D eigenvalue weighted by Crippen LogP contribution is -2.21. The molecule has 12 heteroatoms. The van der Waals surface area contributed by atoms with Gasteiger partial charge in [-0.15, -0.1) is 11.3 Å². The Balaban J connectivity index is 0.000000158. The highest BCUT2D eigenvalue weighted by Gasteiger charge is 2.38. The third-order valence-corrected chi connectivity index (χ3v) is 7.30. The Labute approximate surface area is 189 Å². The van der Waals surface area contributed by atoms with Crippen molar-refractivity contribution in [3.05, 3.63) is 76.6 Å². The van der Waals surface area contributed by atoms with Crippen molar-refractivity contribution in [3.8, 4) is 5.75 Å². The zero-order valence-electron chi connectivity index (χ0n) is 17.4. The van der Waals surface area contributed by atoms with Gasteiger partial charge < -0.3 is 5.11 Å². The highest BCUT2D eigenvalue weighted by atomic mass is 32.1. The summed E-state index contributed by atoms with van der Waals surface area (Å²) in [5.74, 6) is -1.21. The van der Waals surface area contributed by atoms with Gasteiger partial charge in [0.25, 0.3) is 11.4 Å². The van der Waals surface area contributed by atoms with E-state index in [9.17, 15) is 30.3 Å². The fourth-order valence-corrected chi connectivity index (χ4v) is 5.56. The quantitative estimate of drug-likeness (QED) is 0.444. The number of nitrogens with zero attached hydrogens (tertiary/aromatic N) is 4. The summed E-state index contributed by atoms with van der Waals surface area (Å²) in [7, 11) is 0. The standard InChI is InChI=1S/C15H15NS.C6H3N3O7/c1-10-14-13(16-15(10)8-4-5-9-15)11-6-2-3-7-12(11)17-14;10-6-4(8(13)14)1-3(7(11)12)2-5(6)9(15)16/h2-3,6-7H,4-5,8-9H2,1H3;1-2,10H. The topological polar surface area (TPSA) is 162 Å². The molecule has 1 fully saturated rings. The second-order valence-electron chi connectivity index (χ2n) is 7.86. The number of non-ortho nitro benzene ring substituents is 1. The molecule has 0 amide bonds.